The number of hydrogen-bond acceptors (Lipinski definition) is 6. The molecule has 1 atom stereocenters. The van der Waals surface area contributed by atoms with Gasteiger partial charge < -0.3 is 9.64 Å². The number of likely N-dealkylation sites (tertiary alicyclic amines) is 1. The van der Waals surface area contributed by atoms with Crippen molar-refractivity contribution in [2.24, 2.45) is 0 Å². The second-order valence-corrected chi connectivity index (χ2v) is 7.91. The van der Waals surface area contributed by atoms with Crippen molar-refractivity contribution in [3.8, 4) is 23.0 Å². The molecule has 3 heterocycles. The fourth-order valence-electron chi connectivity index (χ4n) is 4.41. The van der Waals surface area contributed by atoms with Gasteiger partial charge in [0.05, 0.1) is 30.3 Å². The predicted octanol–water partition coefficient (Wildman–Crippen LogP) is 3.20. The molecule has 0 bridgehead atoms. The summed E-state index contributed by atoms with van der Waals surface area (Å²) in [5.74, 6) is 1.18. The van der Waals surface area contributed by atoms with Crippen molar-refractivity contribution in [1.82, 2.24) is 29.5 Å². The van der Waals surface area contributed by atoms with Gasteiger partial charge in [0.25, 0.3) is 11.9 Å². The first-order valence-electron chi connectivity index (χ1n) is 11.1. The Kier molecular flexibility index (Phi) is 6.50. The largest absolute Gasteiger partial charge is 0.496 e. The first-order valence-corrected chi connectivity index (χ1v) is 11.1. The normalized spacial score (nSPS) is 16.0. The molecule has 1 aromatic carbocycles. The van der Waals surface area contributed by atoms with Gasteiger partial charge >= 0.3 is 0 Å². The summed E-state index contributed by atoms with van der Waals surface area (Å²) in [6.45, 7) is 9.75. The monoisotopic (exact) mass is 434 g/mol. The highest BCUT2D eigenvalue weighted by Crippen LogP contribution is 2.28. The Hall–Kier alpha value is -3.26. The van der Waals surface area contributed by atoms with Gasteiger partial charge in [0.2, 0.25) is 0 Å². The van der Waals surface area contributed by atoms with E-state index in [1.54, 1.807) is 24.2 Å². The van der Waals surface area contributed by atoms with Gasteiger partial charge in [0, 0.05) is 30.9 Å². The highest BCUT2D eigenvalue weighted by atomic mass is 16.5. The maximum Gasteiger partial charge on any atom is 0.257 e. The van der Waals surface area contributed by atoms with Crippen molar-refractivity contribution in [3.05, 3.63) is 54.0 Å². The molecule has 0 aliphatic carbocycles. The number of carbonyl (C=O) groups is 1. The lowest BCUT2D eigenvalue weighted by atomic mass is 10.1. The van der Waals surface area contributed by atoms with Crippen LogP contribution in [0, 0.1) is 6.92 Å². The standard InChI is InChI=1S/C24H30N6O2/c1-5-28(6-2)18-12-14-29(16-18)23(31)20-15-26-30(17(20)3)24-25-13-11-21(27-24)19-9-7-8-10-22(19)32-4/h7-11,13,15,18H,5-6,12,14,16H2,1-4H3. The number of hydrogen-bond donors (Lipinski definition) is 0. The number of para-hydroxylation sites is 1. The Bertz CT molecular complexity index is 1090. The van der Waals surface area contributed by atoms with Crippen LogP contribution in [0.1, 0.15) is 36.3 Å². The van der Waals surface area contributed by atoms with E-state index in [2.05, 4.69) is 33.8 Å². The third-order valence-corrected chi connectivity index (χ3v) is 6.23. The second-order valence-electron chi connectivity index (χ2n) is 7.91. The van der Waals surface area contributed by atoms with Crippen LogP contribution < -0.4 is 4.74 Å². The number of amides is 1. The minimum atomic E-state index is 0.0179. The zero-order chi connectivity index (χ0) is 22.7. The molecule has 0 saturated carbocycles. The molecule has 2 aromatic heterocycles. The minimum absolute atomic E-state index is 0.0179. The molecule has 0 spiro atoms. The van der Waals surface area contributed by atoms with Crippen LogP contribution >= 0.6 is 0 Å². The molecule has 168 valence electrons. The zero-order valence-electron chi connectivity index (χ0n) is 19.2. The second kappa shape index (κ2) is 9.48. The maximum atomic E-state index is 13.2. The number of aromatic nitrogens is 4. The van der Waals surface area contributed by atoms with Gasteiger partial charge in [-0.25, -0.2) is 14.6 Å². The Balaban J connectivity index is 1.58. The molecule has 1 amide bonds. The van der Waals surface area contributed by atoms with Crippen LogP contribution in [0.5, 0.6) is 5.75 Å². The van der Waals surface area contributed by atoms with E-state index >= 15 is 0 Å². The summed E-state index contributed by atoms with van der Waals surface area (Å²) in [4.78, 5) is 26.7. The van der Waals surface area contributed by atoms with Crippen LogP contribution in [0.3, 0.4) is 0 Å². The summed E-state index contributed by atoms with van der Waals surface area (Å²) in [6, 6.07) is 9.97. The smallest absolute Gasteiger partial charge is 0.257 e. The summed E-state index contributed by atoms with van der Waals surface area (Å²) in [6.07, 6.45) is 4.33. The molecule has 1 fully saturated rings. The van der Waals surface area contributed by atoms with E-state index in [1.165, 1.54) is 0 Å². The first kappa shape index (κ1) is 22.0. The minimum Gasteiger partial charge on any atom is -0.496 e. The summed E-state index contributed by atoms with van der Waals surface area (Å²) in [5.41, 5.74) is 2.94. The van der Waals surface area contributed by atoms with Crippen LogP contribution in [0.25, 0.3) is 17.2 Å². The first-order chi connectivity index (χ1) is 15.6. The average molecular weight is 435 g/mol. The van der Waals surface area contributed by atoms with Crippen molar-refractivity contribution < 1.29 is 9.53 Å². The van der Waals surface area contributed by atoms with E-state index in [0.29, 0.717) is 17.6 Å². The van der Waals surface area contributed by atoms with Gasteiger partial charge in [-0.15, -0.1) is 0 Å². The lowest BCUT2D eigenvalue weighted by Gasteiger charge is -2.26. The molecule has 1 unspecified atom stereocenters. The molecule has 8 nitrogen and oxygen atoms in total. The van der Waals surface area contributed by atoms with Crippen molar-refractivity contribution in [2.45, 2.75) is 33.2 Å². The average Bonchev–Trinajstić information content (AvgIpc) is 3.47. The number of rotatable bonds is 7. The molecule has 0 radical (unpaired) electrons. The SMILES string of the molecule is CCN(CC)C1CCN(C(=O)c2cnn(-c3nccc(-c4ccccc4OC)n3)c2C)C1. The molecule has 32 heavy (non-hydrogen) atoms. The van der Waals surface area contributed by atoms with Gasteiger partial charge in [-0.3, -0.25) is 9.69 Å². The van der Waals surface area contributed by atoms with Crippen molar-refractivity contribution in [2.75, 3.05) is 33.3 Å². The lowest BCUT2D eigenvalue weighted by Crippen LogP contribution is -2.38. The van der Waals surface area contributed by atoms with E-state index in [1.807, 2.05) is 42.2 Å². The van der Waals surface area contributed by atoms with Crippen LogP contribution in [0.2, 0.25) is 0 Å². The summed E-state index contributed by atoms with van der Waals surface area (Å²) in [5, 5.41) is 4.44. The molecule has 0 N–H and O–H groups in total. The molecule has 3 aromatic rings. The Morgan fingerprint density at radius 2 is 2.00 bits per heavy atom. The fourth-order valence-corrected chi connectivity index (χ4v) is 4.41. The number of carbonyl (C=O) groups excluding carboxylic acids is 1. The number of nitrogens with zero attached hydrogens (tertiary/aromatic N) is 6. The molecule has 4 rings (SSSR count). The number of ether oxygens (including phenoxy) is 1. The summed E-state index contributed by atoms with van der Waals surface area (Å²) in [7, 11) is 1.64. The molecule has 8 heteroatoms. The maximum absolute atomic E-state index is 13.2. The van der Waals surface area contributed by atoms with Gasteiger partial charge in [-0.05, 0) is 44.6 Å². The topological polar surface area (TPSA) is 76.4 Å². The van der Waals surface area contributed by atoms with Gasteiger partial charge in [0.1, 0.15) is 5.75 Å². The zero-order valence-corrected chi connectivity index (χ0v) is 19.2. The van der Waals surface area contributed by atoms with Crippen LogP contribution in [0.4, 0.5) is 0 Å². The van der Waals surface area contributed by atoms with Crippen LogP contribution in [-0.4, -0.2) is 74.8 Å². The highest BCUT2D eigenvalue weighted by molar-refractivity contribution is 5.95. The summed E-state index contributed by atoms with van der Waals surface area (Å²) >= 11 is 0. The quantitative estimate of drug-likeness (QED) is 0.568. The van der Waals surface area contributed by atoms with E-state index in [-0.39, 0.29) is 5.91 Å². The molecule has 1 aliphatic rings. The van der Waals surface area contributed by atoms with Crippen LogP contribution in [0.15, 0.2) is 42.7 Å². The van der Waals surface area contributed by atoms with Gasteiger partial charge in [-0.2, -0.15) is 5.10 Å². The van der Waals surface area contributed by atoms with Gasteiger partial charge in [0.15, 0.2) is 0 Å². The fraction of sp³-hybridized carbons (Fsp3) is 0.417. The van der Waals surface area contributed by atoms with E-state index in [9.17, 15) is 4.79 Å². The predicted molar refractivity (Wildman–Crippen MR) is 123 cm³/mol. The Morgan fingerprint density at radius 1 is 1.22 bits per heavy atom. The lowest BCUT2D eigenvalue weighted by molar-refractivity contribution is 0.0777. The third-order valence-electron chi connectivity index (χ3n) is 6.23. The summed E-state index contributed by atoms with van der Waals surface area (Å²) < 4.78 is 7.10. The number of methoxy groups -OCH3 is 1. The molecular formula is C24H30N6O2. The number of benzene rings is 1. The van der Waals surface area contributed by atoms with Crippen molar-refractivity contribution in [3.63, 3.8) is 0 Å². The molecule has 1 aliphatic heterocycles. The van der Waals surface area contributed by atoms with Gasteiger partial charge in [-0.1, -0.05) is 26.0 Å². The Labute approximate surface area is 188 Å². The number of likely N-dealkylation sites (N-methyl/N-ethyl adjacent to an activating group) is 1. The van der Waals surface area contributed by atoms with E-state index in [0.717, 1.165) is 55.3 Å². The van der Waals surface area contributed by atoms with E-state index in [4.69, 9.17) is 4.74 Å². The highest BCUT2D eigenvalue weighted by Gasteiger charge is 2.31. The Morgan fingerprint density at radius 3 is 2.75 bits per heavy atom. The van der Waals surface area contributed by atoms with E-state index < -0.39 is 0 Å². The molecular weight excluding hydrogens is 404 g/mol. The molecule has 1 saturated heterocycles. The van der Waals surface area contributed by atoms with Crippen molar-refractivity contribution in [1.29, 1.82) is 0 Å². The van der Waals surface area contributed by atoms with Crippen LogP contribution in [-0.2, 0) is 0 Å². The third kappa shape index (κ3) is 4.10. The van der Waals surface area contributed by atoms with Crippen molar-refractivity contribution >= 4 is 5.91 Å².